The fraction of sp³-hybridized carbons (Fsp3) is 0.500. The van der Waals surface area contributed by atoms with Crippen LogP contribution >= 0.6 is 0 Å². The number of hydrogen-bond acceptors (Lipinski definition) is 5. The number of hydrogen-bond donors (Lipinski definition) is 0. The lowest BCUT2D eigenvalue weighted by Crippen LogP contribution is -2.47. The molecule has 0 saturated heterocycles. The average molecular weight is 507 g/mol. The van der Waals surface area contributed by atoms with Crippen molar-refractivity contribution in [3.8, 4) is 0 Å². The minimum atomic E-state index is -1.95. The summed E-state index contributed by atoms with van der Waals surface area (Å²) < 4.78 is 39.2. The number of aromatic nitrogens is 1. The van der Waals surface area contributed by atoms with E-state index in [0.29, 0.717) is 17.9 Å². The Balaban J connectivity index is 2.41. The molecule has 0 radical (unpaired) electrons. The molecule has 35 heavy (non-hydrogen) atoms. The van der Waals surface area contributed by atoms with E-state index >= 15 is 0 Å². The van der Waals surface area contributed by atoms with Crippen molar-refractivity contribution in [2.45, 2.75) is 77.9 Å². The number of nitrogens with zero attached hydrogens (tertiary/aromatic N) is 2. The summed E-state index contributed by atoms with van der Waals surface area (Å²) in [6, 6.07) is 6.19. The highest BCUT2D eigenvalue weighted by atomic mass is 28.4. The molecule has 1 aromatic heterocycles. The van der Waals surface area contributed by atoms with Crippen molar-refractivity contribution in [1.82, 2.24) is 9.88 Å². The van der Waals surface area contributed by atoms with Gasteiger partial charge in [-0.05, 0) is 61.3 Å². The van der Waals surface area contributed by atoms with Crippen LogP contribution in [0.15, 0.2) is 36.5 Å². The Morgan fingerprint density at radius 2 is 1.69 bits per heavy atom. The third kappa shape index (κ3) is 6.95. The first-order valence-corrected chi connectivity index (χ1v) is 14.4. The smallest absolute Gasteiger partial charge is 0.303 e. The average Bonchev–Trinajstić information content (AvgIpc) is 2.73. The molecule has 192 valence electrons. The highest BCUT2D eigenvalue weighted by Crippen LogP contribution is 2.37. The van der Waals surface area contributed by atoms with Crippen molar-refractivity contribution in [2.75, 3.05) is 7.05 Å². The van der Waals surface area contributed by atoms with Gasteiger partial charge in [-0.3, -0.25) is 14.6 Å². The molecule has 2 rings (SSSR count). The molecule has 1 atom stereocenters. The summed E-state index contributed by atoms with van der Waals surface area (Å²) in [7, 11) is -0.445. The van der Waals surface area contributed by atoms with Crippen LogP contribution in [0.2, 0.25) is 18.1 Å². The zero-order valence-corrected chi connectivity index (χ0v) is 23.0. The standard InChI is InChI=1S/C26H36F2N2O4Si/c1-17(31)34-26(5,6)24(32)30(7)23(19-11-12-20(27)21(28)14-19)22-13-10-18(15-29-22)16-33-35(8,9)25(2,3)4/h10-15,23H,16H2,1-9H3. The van der Waals surface area contributed by atoms with Crippen LogP contribution in [0.1, 0.15) is 64.4 Å². The molecule has 1 heterocycles. The number of esters is 1. The Kier molecular flexibility index (Phi) is 8.60. The summed E-state index contributed by atoms with van der Waals surface area (Å²) in [5, 5.41) is 0.0654. The summed E-state index contributed by atoms with van der Waals surface area (Å²) in [4.78, 5) is 30.6. The topological polar surface area (TPSA) is 68.7 Å². The molecule has 0 fully saturated rings. The van der Waals surface area contributed by atoms with Crippen LogP contribution in [-0.4, -0.2) is 42.7 Å². The SMILES string of the molecule is CC(=O)OC(C)(C)C(=O)N(C)C(c1ccc(F)c(F)c1)c1ccc(CO[Si](C)(C)C(C)(C)C)cn1. The second-order valence-corrected chi connectivity index (χ2v) is 15.5. The number of carbonyl (C=O) groups excluding carboxylic acids is 2. The molecule has 1 aromatic carbocycles. The third-order valence-corrected chi connectivity index (χ3v) is 10.9. The summed E-state index contributed by atoms with van der Waals surface area (Å²) >= 11 is 0. The molecule has 0 aliphatic carbocycles. The second-order valence-electron chi connectivity index (χ2n) is 10.7. The zero-order valence-electron chi connectivity index (χ0n) is 22.0. The van der Waals surface area contributed by atoms with Gasteiger partial charge in [0.2, 0.25) is 0 Å². The lowest BCUT2D eigenvalue weighted by molar-refractivity contribution is -0.168. The van der Waals surface area contributed by atoms with Crippen LogP contribution in [0.4, 0.5) is 8.78 Å². The molecule has 6 nitrogen and oxygen atoms in total. The van der Waals surface area contributed by atoms with Gasteiger partial charge in [0.05, 0.1) is 18.3 Å². The normalized spacial score (nSPS) is 13.3. The van der Waals surface area contributed by atoms with E-state index in [4.69, 9.17) is 9.16 Å². The van der Waals surface area contributed by atoms with E-state index in [9.17, 15) is 18.4 Å². The van der Waals surface area contributed by atoms with E-state index in [1.165, 1.54) is 38.8 Å². The minimum absolute atomic E-state index is 0.0654. The molecule has 1 amide bonds. The molecular formula is C26H36F2N2O4Si. The molecule has 0 spiro atoms. The summed E-state index contributed by atoms with van der Waals surface area (Å²) in [5.74, 6) is -3.15. The van der Waals surface area contributed by atoms with Gasteiger partial charge in [0.25, 0.3) is 5.91 Å². The first-order valence-electron chi connectivity index (χ1n) is 11.5. The number of ether oxygens (including phenoxy) is 1. The van der Waals surface area contributed by atoms with Gasteiger partial charge < -0.3 is 14.1 Å². The van der Waals surface area contributed by atoms with Gasteiger partial charge in [0.15, 0.2) is 25.6 Å². The van der Waals surface area contributed by atoms with Gasteiger partial charge in [0, 0.05) is 20.2 Å². The Labute approximate surface area is 207 Å². The molecule has 9 heteroatoms. The molecule has 0 N–H and O–H groups in total. The Hall–Kier alpha value is -2.65. The van der Waals surface area contributed by atoms with Crippen molar-refractivity contribution in [3.05, 3.63) is 65.0 Å². The van der Waals surface area contributed by atoms with Gasteiger partial charge in [-0.15, -0.1) is 0 Å². The maximum Gasteiger partial charge on any atom is 0.303 e. The Morgan fingerprint density at radius 3 is 2.17 bits per heavy atom. The van der Waals surface area contributed by atoms with Crippen LogP contribution < -0.4 is 0 Å². The van der Waals surface area contributed by atoms with Gasteiger partial charge in [0.1, 0.15) is 0 Å². The van der Waals surface area contributed by atoms with E-state index in [0.717, 1.165) is 17.7 Å². The summed E-state index contributed by atoms with van der Waals surface area (Å²) in [6.45, 7) is 15.4. The first-order chi connectivity index (χ1) is 16.0. The number of amides is 1. The Bertz CT molecular complexity index is 1070. The predicted molar refractivity (Wildman–Crippen MR) is 133 cm³/mol. The summed E-state index contributed by atoms with van der Waals surface area (Å²) in [5.41, 5.74) is 0.170. The molecular weight excluding hydrogens is 470 g/mol. The number of rotatable bonds is 8. The van der Waals surface area contributed by atoms with E-state index in [2.05, 4.69) is 38.8 Å². The highest BCUT2D eigenvalue weighted by Gasteiger charge is 2.39. The van der Waals surface area contributed by atoms with E-state index in [1.54, 1.807) is 12.3 Å². The number of likely N-dealkylation sites (N-methyl/N-ethyl adjacent to an activating group) is 1. The number of benzene rings is 1. The molecule has 0 bridgehead atoms. The van der Waals surface area contributed by atoms with Crippen LogP contribution in [0, 0.1) is 11.6 Å². The second kappa shape index (κ2) is 10.5. The quantitative estimate of drug-likeness (QED) is 0.336. The van der Waals surface area contributed by atoms with Gasteiger partial charge in [-0.1, -0.05) is 32.9 Å². The van der Waals surface area contributed by atoms with E-state index in [-0.39, 0.29) is 5.04 Å². The van der Waals surface area contributed by atoms with Crippen LogP contribution in [-0.2, 0) is 25.4 Å². The van der Waals surface area contributed by atoms with Crippen molar-refractivity contribution in [3.63, 3.8) is 0 Å². The number of pyridine rings is 1. The van der Waals surface area contributed by atoms with Crippen molar-refractivity contribution >= 4 is 20.2 Å². The number of carbonyl (C=O) groups is 2. The zero-order chi connectivity index (χ0) is 26.8. The van der Waals surface area contributed by atoms with Crippen molar-refractivity contribution < 1.29 is 27.5 Å². The van der Waals surface area contributed by atoms with Crippen LogP contribution in [0.3, 0.4) is 0 Å². The lowest BCUT2D eigenvalue weighted by Gasteiger charge is -2.36. The van der Waals surface area contributed by atoms with Gasteiger partial charge >= 0.3 is 5.97 Å². The third-order valence-electron chi connectivity index (χ3n) is 6.41. The molecule has 2 aromatic rings. The minimum Gasteiger partial charge on any atom is -0.450 e. The predicted octanol–water partition coefficient (Wildman–Crippen LogP) is 5.77. The van der Waals surface area contributed by atoms with Crippen LogP contribution in [0.25, 0.3) is 0 Å². The maximum atomic E-state index is 14.1. The molecule has 0 aliphatic rings. The Morgan fingerprint density at radius 1 is 1.06 bits per heavy atom. The highest BCUT2D eigenvalue weighted by molar-refractivity contribution is 6.74. The maximum absolute atomic E-state index is 14.1. The molecule has 1 unspecified atom stereocenters. The number of halogens is 2. The fourth-order valence-corrected chi connectivity index (χ4v) is 4.34. The first kappa shape index (κ1) is 28.6. The van der Waals surface area contributed by atoms with E-state index < -0.39 is 43.5 Å². The van der Waals surface area contributed by atoms with Crippen molar-refractivity contribution in [1.29, 1.82) is 0 Å². The largest absolute Gasteiger partial charge is 0.450 e. The van der Waals surface area contributed by atoms with Crippen molar-refractivity contribution in [2.24, 2.45) is 0 Å². The summed E-state index contributed by atoms with van der Waals surface area (Å²) in [6.07, 6.45) is 1.66. The van der Waals surface area contributed by atoms with Gasteiger partial charge in [-0.2, -0.15) is 0 Å². The molecule has 0 aliphatic heterocycles. The lowest BCUT2D eigenvalue weighted by atomic mass is 9.98. The monoisotopic (exact) mass is 506 g/mol. The van der Waals surface area contributed by atoms with E-state index in [1.807, 2.05) is 6.07 Å². The molecule has 0 saturated carbocycles. The van der Waals surface area contributed by atoms with Gasteiger partial charge in [-0.25, -0.2) is 8.78 Å². The van der Waals surface area contributed by atoms with Crippen LogP contribution in [0.5, 0.6) is 0 Å². The fourth-order valence-electron chi connectivity index (χ4n) is 3.38.